The van der Waals surface area contributed by atoms with E-state index >= 15 is 0 Å². The summed E-state index contributed by atoms with van der Waals surface area (Å²) in [5.74, 6) is 0. The standard InChI is InChI=1S/C11H13NO.ClH/c13-8-12-11-7-3-5-9-4-1-2-6-10(9)11;/h1-2,4,6,8,11H,3,5,7H2,(H,12,13);1H. The predicted octanol–water partition coefficient (Wildman–Crippen LogP) is 2.23. The highest BCUT2D eigenvalue weighted by molar-refractivity contribution is 5.85. The lowest BCUT2D eigenvalue weighted by Crippen LogP contribution is -2.23. The second kappa shape index (κ2) is 5.01. The molecule has 1 N–H and O–H groups in total. The normalized spacial score (nSPS) is 19.0. The highest BCUT2D eigenvalue weighted by atomic mass is 35.5. The zero-order valence-electron chi connectivity index (χ0n) is 7.90. The Hall–Kier alpha value is -1.02. The van der Waals surface area contributed by atoms with Gasteiger partial charge in [0.15, 0.2) is 0 Å². The number of nitrogens with one attached hydrogen (secondary N) is 1. The van der Waals surface area contributed by atoms with Crippen LogP contribution in [0, 0.1) is 0 Å². The molecule has 1 aliphatic carbocycles. The molecule has 1 atom stereocenters. The molecule has 0 radical (unpaired) electrons. The molecule has 1 aromatic rings. The average molecular weight is 212 g/mol. The summed E-state index contributed by atoms with van der Waals surface area (Å²) in [4.78, 5) is 10.4. The van der Waals surface area contributed by atoms with Crippen LogP contribution in [0.25, 0.3) is 0 Å². The summed E-state index contributed by atoms with van der Waals surface area (Å²) in [6.45, 7) is 0. The second-order valence-corrected chi connectivity index (χ2v) is 3.43. The molecule has 76 valence electrons. The second-order valence-electron chi connectivity index (χ2n) is 3.43. The highest BCUT2D eigenvalue weighted by Gasteiger charge is 2.18. The Morgan fingerprint density at radius 3 is 2.93 bits per heavy atom. The molecule has 1 aliphatic rings. The Balaban J connectivity index is 0.000000980. The maximum atomic E-state index is 10.4. The van der Waals surface area contributed by atoms with Crippen LogP contribution in [0.15, 0.2) is 24.3 Å². The number of carbonyl (C=O) groups is 1. The van der Waals surface area contributed by atoms with Crippen molar-refractivity contribution < 1.29 is 4.79 Å². The zero-order chi connectivity index (χ0) is 9.10. The van der Waals surface area contributed by atoms with Gasteiger partial charge in [-0.05, 0) is 30.4 Å². The lowest BCUT2D eigenvalue weighted by Gasteiger charge is -2.24. The zero-order valence-corrected chi connectivity index (χ0v) is 8.72. The van der Waals surface area contributed by atoms with Gasteiger partial charge in [0.2, 0.25) is 6.41 Å². The fraction of sp³-hybridized carbons (Fsp3) is 0.364. The van der Waals surface area contributed by atoms with Crippen LogP contribution in [0.1, 0.15) is 30.0 Å². The van der Waals surface area contributed by atoms with Crippen molar-refractivity contribution in [2.75, 3.05) is 0 Å². The first kappa shape index (κ1) is 11.1. The van der Waals surface area contributed by atoms with E-state index in [0.717, 1.165) is 19.3 Å². The van der Waals surface area contributed by atoms with Crippen LogP contribution < -0.4 is 5.32 Å². The molecule has 0 saturated carbocycles. The van der Waals surface area contributed by atoms with Crippen LogP contribution in [0.2, 0.25) is 0 Å². The van der Waals surface area contributed by atoms with Gasteiger partial charge < -0.3 is 5.32 Å². The van der Waals surface area contributed by atoms with E-state index in [9.17, 15) is 4.79 Å². The van der Waals surface area contributed by atoms with Gasteiger partial charge >= 0.3 is 0 Å². The van der Waals surface area contributed by atoms with Gasteiger partial charge in [-0.1, -0.05) is 24.3 Å². The van der Waals surface area contributed by atoms with Gasteiger partial charge in [-0.2, -0.15) is 0 Å². The Morgan fingerprint density at radius 2 is 2.14 bits per heavy atom. The first-order valence-corrected chi connectivity index (χ1v) is 4.69. The number of halogens is 1. The van der Waals surface area contributed by atoms with E-state index in [1.165, 1.54) is 17.5 Å². The highest BCUT2D eigenvalue weighted by Crippen LogP contribution is 2.28. The van der Waals surface area contributed by atoms with Gasteiger partial charge in [-0.25, -0.2) is 0 Å². The molecule has 0 heterocycles. The summed E-state index contributed by atoms with van der Waals surface area (Å²) in [5, 5.41) is 2.86. The van der Waals surface area contributed by atoms with Crippen molar-refractivity contribution >= 4 is 18.8 Å². The van der Waals surface area contributed by atoms with Crippen molar-refractivity contribution in [3.05, 3.63) is 35.4 Å². The molecule has 3 heteroatoms. The fourth-order valence-corrected chi connectivity index (χ4v) is 2.01. The average Bonchev–Trinajstić information content (AvgIpc) is 2.19. The van der Waals surface area contributed by atoms with Crippen molar-refractivity contribution in [1.82, 2.24) is 5.32 Å². The number of hydrogen-bond donors (Lipinski definition) is 1. The first-order valence-electron chi connectivity index (χ1n) is 4.69. The number of carbonyl (C=O) groups excluding carboxylic acids is 1. The van der Waals surface area contributed by atoms with Crippen LogP contribution in [-0.4, -0.2) is 6.41 Å². The summed E-state index contributed by atoms with van der Waals surface area (Å²) in [5.41, 5.74) is 2.67. The lowest BCUT2D eigenvalue weighted by atomic mass is 9.88. The van der Waals surface area contributed by atoms with E-state index in [-0.39, 0.29) is 18.4 Å². The van der Waals surface area contributed by atoms with Gasteiger partial charge in [0.1, 0.15) is 0 Å². The molecule has 0 aliphatic heterocycles. The third-order valence-electron chi connectivity index (χ3n) is 2.64. The van der Waals surface area contributed by atoms with E-state index < -0.39 is 0 Å². The number of amides is 1. The SMILES string of the molecule is Cl.O=CNC1CCCc2ccccc21. The monoisotopic (exact) mass is 211 g/mol. The molecule has 0 saturated heterocycles. The summed E-state index contributed by atoms with van der Waals surface area (Å²) in [7, 11) is 0. The van der Waals surface area contributed by atoms with Crippen molar-refractivity contribution in [3.63, 3.8) is 0 Å². The van der Waals surface area contributed by atoms with Crippen molar-refractivity contribution in [2.24, 2.45) is 0 Å². The molecule has 0 bridgehead atoms. The van der Waals surface area contributed by atoms with Crippen molar-refractivity contribution in [3.8, 4) is 0 Å². The Kier molecular flexibility index (Phi) is 3.96. The fourth-order valence-electron chi connectivity index (χ4n) is 2.01. The van der Waals surface area contributed by atoms with Gasteiger partial charge in [0.25, 0.3) is 0 Å². The molecular weight excluding hydrogens is 198 g/mol. The number of benzene rings is 1. The van der Waals surface area contributed by atoms with Gasteiger partial charge in [-0.3, -0.25) is 4.79 Å². The quantitative estimate of drug-likeness (QED) is 0.747. The minimum absolute atomic E-state index is 0. The van der Waals surface area contributed by atoms with E-state index in [1.54, 1.807) is 0 Å². The first-order chi connectivity index (χ1) is 6.42. The summed E-state index contributed by atoms with van der Waals surface area (Å²) in [6.07, 6.45) is 4.18. The van der Waals surface area contributed by atoms with Gasteiger partial charge in [0.05, 0.1) is 6.04 Å². The molecule has 0 aromatic heterocycles. The molecule has 1 aromatic carbocycles. The van der Waals surface area contributed by atoms with E-state index in [0.29, 0.717) is 0 Å². The molecule has 1 amide bonds. The molecule has 2 rings (SSSR count). The van der Waals surface area contributed by atoms with E-state index in [1.807, 2.05) is 6.07 Å². The third-order valence-corrected chi connectivity index (χ3v) is 2.64. The molecule has 1 unspecified atom stereocenters. The number of rotatable bonds is 2. The summed E-state index contributed by atoms with van der Waals surface area (Å²) < 4.78 is 0. The molecule has 14 heavy (non-hydrogen) atoms. The van der Waals surface area contributed by atoms with Crippen LogP contribution in [0.3, 0.4) is 0 Å². The van der Waals surface area contributed by atoms with Crippen molar-refractivity contribution in [1.29, 1.82) is 0 Å². The minimum atomic E-state index is 0. The molecular formula is C11H14ClNO. The van der Waals surface area contributed by atoms with Crippen LogP contribution in [-0.2, 0) is 11.2 Å². The van der Waals surface area contributed by atoms with Crippen LogP contribution in [0.4, 0.5) is 0 Å². The Bertz CT molecular complexity index is 314. The Labute approximate surface area is 90.1 Å². The topological polar surface area (TPSA) is 29.1 Å². The van der Waals surface area contributed by atoms with Crippen LogP contribution in [0.5, 0.6) is 0 Å². The minimum Gasteiger partial charge on any atom is -0.352 e. The maximum Gasteiger partial charge on any atom is 0.207 e. The molecule has 2 nitrogen and oxygen atoms in total. The maximum absolute atomic E-state index is 10.4. The smallest absolute Gasteiger partial charge is 0.207 e. The molecule has 0 fully saturated rings. The summed E-state index contributed by atoms with van der Waals surface area (Å²) in [6, 6.07) is 8.58. The van der Waals surface area contributed by atoms with Gasteiger partial charge in [0, 0.05) is 0 Å². The number of fused-ring (bicyclic) bond motifs is 1. The van der Waals surface area contributed by atoms with E-state index in [4.69, 9.17) is 0 Å². The van der Waals surface area contributed by atoms with Gasteiger partial charge in [-0.15, -0.1) is 12.4 Å². The van der Waals surface area contributed by atoms with Crippen molar-refractivity contribution in [2.45, 2.75) is 25.3 Å². The summed E-state index contributed by atoms with van der Waals surface area (Å²) >= 11 is 0. The molecule has 0 spiro atoms. The van der Waals surface area contributed by atoms with Crippen LogP contribution >= 0.6 is 12.4 Å². The predicted molar refractivity (Wildman–Crippen MR) is 58.6 cm³/mol. The Morgan fingerprint density at radius 1 is 1.36 bits per heavy atom. The third kappa shape index (κ3) is 2.07. The largest absolute Gasteiger partial charge is 0.352 e. The number of hydrogen-bond acceptors (Lipinski definition) is 1. The number of aryl methyl sites for hydroxylation is 1. The van der Waals surface area contributed by atoms with E-state index in [2.05, 4.69) is 23.5 Å². The lowest BCUT2D eigenvalue weighted by molar-refractivity contribution is -0.110.